The Balaban J connectivity index is 2.83. The summed E-state index contributed by atoms with van der Waals surface area (Å²) >= 11 is 9.53. The predicted molar refractivity (Wildman–Crippen MR) is 78.3 cm³/mol. The summed E-state index contributed by atoms with van der Waals surface area (Å²) in [5, 5.41) is 4.25. The molecule has 1 aromatic rings. The van der Waals surface area contributed by atoms with Crippen LogP contribution in [0.15, 0.2) is 22.7 Å². The Bertz CT molecular complexity index is 377. The van der Waals surface area contributed by atoms with E-state index >= 15 is 0 Å². The quantitative estimate of drug-likeness (QED) is 0.759. The standard InChI is InChI=1S/C14H17BrClN/c1-3-5-6-14(17-7-4-2)11-8-12(15)10-13(16)9-11/h1,8-10,14,17H,4-7H2,2H3. The summed E-state index contributed by atoms with van der Waals surface area (Å²) in [6.45, 7) is 3.14. The first-order valence-electron chi connectivity index (χ1n) is 5.80. The molecule has 1 rings (SSSR count). The molecule has 0 saturated carbocycles. The molecule has 0 radical (unpaired) electrons. The molecule has 1 nitrogen and oxygen atoms in total. The summed E-state index contributed by atoms with van der Waals surface area (Å²) in [4.78, 5) is 0. The molecule has 0 bridgehead atoms. The van der Waals surface area contributed by atoms with Crippen molar-refractivity contribution in [3.05, 3.63) is 33.3 Å². The van der Waals surface area contributed by atoms with Crippen molar-refractivity contribution in [2.45, 2.75) is 32.2 Å². The summed E-state index contributed by atoms with van der Waals surface area (Å²) < 4.78 is 1.00. The van der Waals surface area contributed by atoms with Gasteiger partial charge in [-0.25, -0.2) is 0 Å². The first-order valence-corrected chi connectivity index (χ1v) is 6.97. The highest BCUT2D eigenvalue weighted by Crippen LogP contribution is 2.26. The van der Waals surface area contributed by atoms with Crippen LogP contribution >= 0.6 is 27.5 Å². The maximum absolute atomic E-state index is 6.06. The van der Waals surface area contributed by atoms with Crippen molar-refractivity contribution in [1.82, 2.24) is 5.32 Å². The Labute approximate surface area is 117 Å². The van der Waals surface area contributed by atoms with Gasteiger partial charge in [-0.15, -0.1) is 12.3 Å². The van der Waals surface area contributed by atoms with Crippen molar-refractivity contribution >= 4 is 27.5 Å². The van der Waals surface area contributed by atoms with Crippen LogP contribution in [0.1, 0.15) is 37.8 Å². The van der Waals surface area contributed by atoms with Crippen LogP contribution in [0.5, 0.6) is 0 Å². The largest absolute Gasteiger partial charge is 0.310 e. The smallest absolute Gasteiger partial charge is 0.0420 e. The zero-order valence-corrected chi connectivity index (χ0v) is 12.3. The molecule has 0 fully saturated rings. The van der Waals surface area contributed by atoms with Crippen molar-refractivity contribution in [3.8, 4) is 12.3 Å². The molecule has 0 amide bonds. The molecule has 0 saturated heterocycles. The Morgan fingerprint density at radius 1 is 1.47 bits per heavy atom. The third-order valence-electron chi connectivity index (χ3n) is 2.51. The van der Waals surface area contributed by atoms with E-state index in [4.69, 9.17) is 18.0 Å². The van der Waals surface area contributed by atoms with E-state index in [9.17, 15) is 0 Å². The number of benzene rings is 1. The van der Waals surface area contributed by atoms with Gasteiger partial charge in [-0.3, -0.25) is 0 Å². The van der Waals surface area contributed by atoms with E-state index in [1.807, 2.05) is 12.1 Å². The van der Waals surface area contributed by atoms with Gasteiger partial charge in [-0.05, 0) is 43.1 Å². The van der Waals surface area contributed by atoms with Gasteiger partial charge < -0.3 is 5.32 Å². The zero-order valence-electron chi connectivity index (χ0n) is 9.97. The third-order valence-corrected chi connectivity index (χ3v) is 3.18. The number of nitrogens with one attached hydrogen (secondary N) is 1. The van der Waals surface area contributed by atoms with Crippen LogP contribution in [-0.2, 0) is 0 Å². The third kappa shape index (κ3) is 5.12. The van der Waals surface area contributed by atoms with Crippen molar-refractivity contribution in [2.75, 3.05) is 6.54 Å². The molecule has 17 heavy (non-hydrogen) atoms. The van der Waals surface area contributed by atoms with Crippen molar-refractivity contribution in [2.24, 2.45) is 0 Å². The molecule has 3 heteroatoms. The lowest BCUT2D eigenvalue weighted by Crippen LogP contribution is -2.22. The average Bonchev–Trinajstić information content (AvgIpc) is 2.28. The van der Waals surface area contributed by atoms with Crippen molar-refractivity contribution in [3.63, 3.8) is 0 Å². The lowest BCUT2D eigenvalue weighted by atomic mass is 10.0. The van der Waals surface area contributed by atoms with Crippen LogP contribution in [0.4, 0.5) is 0 Å². The fraction of sp³-hybridized carbons (Fsp3) is 0.429. The van der Waals surface area contributed by atoms with E-state index in [1.165, 1.54) is 5.56 Å². The Morgan fingerprint density at radius 2 is 2.24 bits per heavy atom. The van der Waals surface area contributed by atoms with Gasteiger partial charge >= 0.3 is 0 Å². The molecule has 1 N–H and O–H groups in total. The highest BCUT2D eigenvalue weighted by atomic mass is 79.9. The van der Waals surface area contributed by atoms with E-state index < -0.39 is 0 Å². The highest BCUT2D eigenvalue weighted by molar-refractivity contribution is 9.10. The van der Waals surface area contributed by atoms with E-state index in [2.05, 4.69) is 40.2 Å². The SMILES string of the molecule is C#CCCC(NCCC)c1cc(Cl)cc(Br)c1. The van der Waals surface area contributed by atoms with E-state index in [0.29, 0.717) is 0 Å². The molecule has 0 spiro atoms. The molecule has 1 atom stereocenters. The summed E-state index contributed by atoms with van der Waals surface area (Å²) in [5.74, 6) is 2.69. The molecule has 1 aromatic carbocycles. The van der Waals surface area contributed by atoms with Crippen LogP contribution < -0.4 is 5.32 Å². The number of halogens is 2. The van der Waals surface area contributed by atoms with Crippen LogP contribution in [0, 0.1) is 12.3 Å². The van der Waals surface area contributed by atoms with Gasteiger partial charge in [0.25, 0.3) is 0 Å². The minimum Gasteiger partial charge on any atom is -0.310 e. The second-order valence-electron chi connectivity index (χ2n) is 3.95. The average molecular weight is 315 g/mol. The lowest BCUT2D eigenvalue weighted by Gasteiger charge is -2.18. The fourth-order valence-electron chi connectivity index (χ4n) is 1.71. The van der Waals surface area contributed by atoms with Crippen LogP contribution in [0.3, 0.4) is 0 Å². The molecular formula is C14H17BrClN. The topological polar surface area (TPSA) is 12.0 Å². The first kappa shape index (κ1) is 14.6. The molecule has 0 aliphatic carbocycles. The van der Waals surface area contributed by atoms with Crippen LogP contribution in [-0.4, -0.2) is 6.54 Å². The summed E-state index contributed by atoms with van der Waals surface area (Å²) in [6.07, 6.45) is 8.14. The number of hydrogen-bond donors (Lipinski definition) is 1. The second-order valence-corrected chi connectivity index (χ2v) is 5.30. The molecule has 92 valence electrons. The molecule has 0 aliphatic heterocycles. The first-order chi connectivity index (χ1) is 8.17. The zero-order chi connectivity index (χ0) is 12.7. The van der Waals surface area contributed by atoms with Crippen molar-refractivity contribution in [1.29, 1.82) is 0 Å². The van der Waals surface area contributed by atoms with Gasteiger partial charge in [-0.2, -0.15) is 0 Å². The second kappa shape index (κ2) is 7.76. The number of terminal acetylenes is 1. The maximum Gasteiger partial charge on any atom is 0.0420 e. The normalized spacial score (nSPS) is 12.1. The molecule has 0 aliphatic rings. The summed E-state index contributed by atoms with van der Waals surface area (Å²) in [7, 11) is 0. The molecule has 0 aromatic heterocycles. The molecule has 1 unspecified atom stereocenters. The van der Waals surface area contributed by atoms with Gasteiger partial charge in [0.2, 0.25) is 0 Å². The number of hydrogen-bond acceptors (Lipinski definition) is 1. The fourth-order valence-corrected chi connectivity index (χ4v) is 2.60. The van der Waals surface area contributed by atoms with Gasteiger partial charge in [0.1, 0.15) is 0 Å². The molecular weight excluding hydrogens is 298 g/mol. The van der Waals surface area contributed by atoms with Gasteiger partial charge in [-0.1, -0.05) is 34.5 Å². The van der Waals surface area contributed by atoms with Gasteiger partial charge in [0.05, 0.1) is 0 Å². The maximum atomic E-state index is 6.06. The number of rotatable bonds is 6. The minimum atomic E-state index is 0.279. The monoisotopic (exact) mass is 313 g/mol. The summed E-state index contributed by atoms with van der Waals surface area (Å²) in [5.41, 5.74) is 1.19. The summed E-state index contributed by atoms with van der Waals surface area (Å²) in [6, 6.07) is 6.26. The Kier molecular flexibility index (Phi) is 6.65. The van der Waals surface area contributed by atoms with Crippen LogP contribution in [0.2, 0.25) is 5.02 Å². The Morgan fingerprint density at radius 3 is 2.82 bits per heavy atom. The van der Waals surface area contributed by atoms with Gasteiger partial charge in [0.15, 0.2) is 0 Å². The van der Waals surface area contributed by atoms with Crippen LogP contribution in [0.25, 0.3) is 0 Å². The predicted octanol–water partition coefficient (Wildman–Crippen LogP) is 4.56. The minimum absolute atomic E-state index is 0.279. The lowest BCUT2D eigenvalue weighted by molar-refractivity contribution is 0.505. The van der Waals surface area contributed by atoms with Crippen molar-refractivity contribution < 1.29 is 0 Å². The van der Waals surface area contributed by atoms with E-state index in [-0.39, 0.29) is 6.04 Å². The molecule has 0 heterocycles. The van der Waals surface area contributed by atoms with Gasteiger partial charge in [0, 0.05) is 22.0 Å². The highest BCUT2D eigenvalue weighted by Gasteiger charge is 2.11. The van der Waals surface area contributed by atoms with E-state index in [0.717, 1.165) is 35.3 Å². The van der Waals surface area contributed by atoms with E-state index in [1.54, 1.807) is 0 Å². The Hall–Kier alpha value is -0.490.